The first-order valence-electron chi connectivity index (χ1n) is 6.74. The topological polar surface area (TPSA) is 59.4 Å². The summed E-state index contributed by atoms with van der Waals surface area (Å²) in [5, 5.41) is 8.59. The molecule has 0 saturated heterocycles. The van der Waals surface area contributed by atoms with Crippen LogP contribution < -0.4 is 4.74 Å². The first-order valence-corrected chi connectivity index (χ1v) is 6.74. The number of aromatic nitrogens is 1. The first-order chi connectivity index (χ1) is 10.1. The van der Waals surface area contributed by atoms with Crippen molar-refractivity contribution in [1.82, 2.24) is 4.98 Å². The molecule has 2 aromatic rings. The van der Waals surface area contributed by atoms with Crippen molar-refractivity contribution < 1.29 is 14.6 Å². The molecule has 21 heavy (non-hydrogen) atoms. The van der Waals surface area contributed by atoms with Crippen molar-refractivity contribution in [3.63, 3.8) is 0 Å². The number of carboxylic acids is 1. The van der Waals surface area contributed by atoms with E-state index in [1.165, 1.54) is 6.08 Å². The Morgan fingerprint density at radius 1 is 1.24 bits per heavy atom. The summed E-state index contributed by atoms with van der Waals surface area (Å²) < 4.78 is 5.83. The van der Waals surface area contributed by atoms with Gasteiger partial charge < -0.3 is 9.84 Å². The lowest BCUT2D eigenvalue weighted by Crippen LogP contribution is -1.95. The van der Waals surface area contributed by atoms with Gasteiger partial charge in [0.15, 0.2) is 0 Å². The number of hydrogen-bond acceptors (Lipinski definition) is 3. The lowest BCUT2D eigenvalue weighted by molar-refractivity contribution is -0.131. The number of aliphatic carboxylic acids is 1. The normalized spacial score (nSPS) is 10.8. The molecule has 0 atom stereocenters. The molecule has 0 spiro atoms. The number of aryl methyl sites for hydroxylation is 2. The Morgan fingerprint density at radius 3 is 2.57 bits per heavy atom. The third kappa shape index (κ3) is 4.18. The Balaban J connectivity index is 2.15. The van der Waals surface area contributed by atoms with Crippen LogP contribution in [0.3, 0.4) is 0 Å². The van der Waals surface area contributed by atoms with Gasteiger partial charge >= 0.3 is 5.97 Å². The maximum absolute atomic E-state index is 10.5. The van der Waals surface area contributed by atoms with Gasteiger partial charge in [-0.15, -0.1) is 0 Å². The molecule has 0 bridgehead atoms. The highest BCUT2D eigenvalue weighted by atomic mass is 16.5. The lowest BCUT2D eigenvalue weighted by atomic mass is 10.2. The maximum atomic E-state index is 10.5. The van der Waals surface area contributed by atoms with Crippen LogP contribution in [0, 0.1) is 6.92 Å². The van der Waals surface area contributed by atoms with E-state index in [0.717, 1.165) is 35.2 Å². The van der Waals surface area contributed by atoms with Gasteiger partial charge in [-0.2, -0.15) is 0 Å². The van der Waals surface area contributed by atoms with E-state index < -0.39 is 5.97 Å². The summed E-state index contributed by atoms with van der Waals surface area (Å²) in [5.41, 5.74) is 2.70. The van der Waals surface area contributed by atoms with E-state index in [9.17, 15) is 4.79 Å². The van der Waals surface area contributed by atoms with Crippen LogP contribution in [0.1, 0.15) is 23.9 Å². The molecule has 1 heterocycles. The lowest BCUT2D eigenvalue weighted by Gasteiger charge is -2.10. The number of benzene rings is 1. The van der Waals surface area contributed by atoms with Crippen molar-refractivity contribution in [2.45, 2.75) is 20.3 Å². The van der Waals surface area contributed by atoms with Gasteiger partial charge in [-0.1, -0.05) is 19.1 Å². The zero-order valence-corrected chi connectivity index (χ0v) is 12.0. The summed E-state index contributed by atoms with van der Waals surface area (Å²) in [6.45, 7) is 3.99. The predicted molar refractivity (Wildman–Crippen MR) is 81.5 cm³/mol. The number of rotatable bonds is 5. The van der Waals surface area contributed by atoms with E-state index in [4.69, 9.17) is 9.84 Å². The number of carboxylic acid groups (broad SMARTS) is 1. The SMILES string of the molecule is CCc1nc(C)ccc1Oc1ccc(/C=C/C(=O)O)cc1. The smallest absolute Gasteiger partial charge is 0.328 e. The van der Waals surface area contributed by atoms with Gasteiger partial charge in [0.1, 0.15) is 11.5 Å². The molecule has 2 rings (SSSR count). The van der Waals surface area contributed by atoms with Crippen molar-refractivity contribution in [3.05, 3.63) is 59.4 Å². The summed E-state index contributed by atoms with van der Waals surface area (Å²) in [4.78, 5) is 14.9. The van der Waals surface area contributed by atoms with Gasteiger partial charge in [0.05, 0.1) is 5.69 Å². The number of nitrogens with zero attached hydrogens (tertiary/aromatic N) is 1. The number of hydrogen-bond donors (Lipinski definition) is 1. The molecule has 1 aromatic carbocycles. The van der Waals surface area contributed by atoms with Gasteiger partial charge in [-0.25, -0.2) is 4.79 Å². The maximum Gasteiger partial charge on any atom is 0.328 e. The number of carbonyl (C=O) groups is 1. The van der Waals surface area contributed by atoms with Crippen LogP contribution in [0.25, 0.3) is 6.08 Å². The monoisotopic (exact) mass is 283 g/mol. The van der Waals surface area contributed by atoms with Gasteiger partial charge in [0, 0.05) is 11.8 Å². The van der Waals surface area contributed by atoms with Crippen LogP contribution >= 0.6 is 0 Å². The highest BCUT2D eigenvalue weighted by molar-refractivity contribution is 5.85. The van der Waals surface area contributed by atoms with E-state index >= 15 is 0 Å². The quantitative estimate of drug-likeness (QED) is 0.847. The van der Waals surface area contributed by atoms with Gasteiger partial charge in [0.2, 0.25) is 0 Å². The highest BCUT2D eigenvalue weighted by Crippen LogP contribution is 2.25. The molecule has 0 saturated carbocycles. The van der Waals surface area contributed by atoms with E-state index in [-0.39, 0.29) is 0 Å². The second-order valence-corrected chi connectivity index (χ2v) is 4.59. The van der Waals surface area contributed by atoms with Gasteiger partial charge in [0.25, 0.3) is 0 Å². The zero-order chi connectivity index (χ0) is 15.2. The fraction of sp³-hybridized carbons (Fsp3) is 0.176. The minimum atomic E-state index is -0.964. The molecule has 108 valence electrons. The predicted octanol–water partition coefficient (Wildman–Crippen LogP) is 3.84. The van der Waals surface area contributed by atoms with E-state index in [1.54, 1.807) is 12.1 Å². The molecule has 0 fully saturated rings. The van der Waals surface area contributed by atoms with Gasteiger partial charge in [-0.05, 0) is 49.2 Å². The molecule has 1 N–H and O–H groups in total. The molecule has 0 amide bonds. The zero-order valence-electron chi connectivity index (χ0n) is 12.0. The average molecular weight is 283 g/mol. The molecular formula is C17H17NO3. The number of pyridine rings is 1. The molecule has 4 nitrogen and oxygen atoms in total. The molecule has 0 unspecified atom stereocenters. The summed E-state index contributed by atoms with van der Waals surface area (Å²) in [6, 6.07) is 11.1. The Hall–Kier alpha value is -2.62. The molecule has 0 aliphatic carbocycles. The third-order valence-corrected chi connectivity index (χ3v) is 2.93. The largest absolute Gasteiger partial charge is 0.478 e. The average Bonchev–Trinajstić information content (AvgIpc) is 2.48. The van der Waals surface area contributed by atoms with Crippen molar-refractivity contribution >= 4 is 12.0 Å². The minimum absolute atomic E-state index is 0.697. The van der Waals surface area contributed by atoms with Crippen molar-refractivity contribution in [3.8, 4) is 11.5 Å². The highest BCUT2D eigenvalue weighted by Gasteiger charge is 2.05. The molecule has 1 aromatic heterocycles. The first kappa shape index (κ1) is 14.8. The second kappa shape index (κ2) is 6.70. The van der Waals surface area contributed by atoms with Crippen LogP contribution in [0.4, 0.5) is 0 Å². The Bertz CT molecular complexity index is 660. The molecular weight excluding hydrogens is 266 g/mol. The Labute approximate surface area is 123 Å². The summed E-state index contributed by atoms with van der Waals surface area (Å²) >= 11 is 0. The van der Waals surface area contributed by atoms with Gasteiger partial charge in [-0.3, -0.25) is 4.98 Å². The van der Waals surface area contributed by atoms with Crippen LogP contribution in [0.15, 0.2) is 42.5 Å². The summed E-state index contributed by atoms with van der Waals surface area (Å²) in [5.74, 6) is 0.480. The van der Waals surface area contributed by atoms with Crippen molar-refractivity contribution in [2.75, 3.05) is 0 Å². The minimum Gasteiger partial charge on any atom is -0.478 e. The third-order valence-electron chi connectivity index (χ3n) is 2.93. The summed E-state index contributed by atoms with van der Waals surface area (Å²) in [6.07, 6.45) is 3.45. The standard InChI is InChI=1S/C17H17NO3/c1-3-15-16(10-4-12(2)18-15)21-14-8-5-13(6-9-14)7-11-17(19)20/h4-11H,3H2,1-2H3,(H,19,20)/b11-7+. The van der Waals surface area contributed by atoms with Crippen molar-refractivity contribution in [2.24, 2.45) is 0 Å². The second-order valence-electron chi connectivity index (χ2n) is 4.59. The van der Waals surface area contributed by atoms with Crippen molar-refractivity contribution in [1.29, 1.82) is 0 Å². The number of ether oxygens (including phenoxy) is 1. The molecule has 0 radical (unpaired) electrons. The summed E-state index contributed by atoms with van der Waals surface area (Å²) in [7, 11) is 0. The fourth-order valence-electron chi connectivity index (χ4n) is 1.89. The van der Waals surface area contributed by atoms with E-state index in [1.807, 2.05) is 38.1 Å². The molecule has 0 aliphatic rings. The van der Waals surface area contributed by atoms with E-state index in [0.29, 0.717) is 5.75 Å². The molecule has 0 aliphatic heterocycles. The van der Waals surface area contributed by atoms with Crippen LogP contribution in [-0.2, 0) is 11.2 Å². The van der Waals surface area contributed by atoms with Crippen LogP contribution in [0.2, 0.25) is 0 Å². The Kier molecular flexibility index (Phi) is 4.72. The fourth-order valence-corrected chi connectivity index (χ4v) is 1.89. The van der Waals surface area contributed by atoms with E-state index in [2.05, 4.69) is 4.98 Å². The Morgan fingerprint density at radius 2 is 1.95 bits per heavy atom. The van der Waals surface area contributed by atoms with Crippen LogP contribution in [0.5, 0.6) is 11.5 Å². The van der Waals surface area contributed by atoms with Crippen LogP contribution in [-0.4, -0.2) is 16.1 Å². The molecule has 4 heteroatoms.